The second kappa shape index (κ2) is 7.54. The summed E-state index contributed by atoms with van der Waals surface area (Å²) >= 11 is 12.3. The standard InChI is InChI=1S/C23H18Cl2N2O2/c1-14(28)16-5-3-7-19(11-16)27-23(13-15-4-2-6-17(24)10-15)20-9-8-18(25)12-21(20)26-22(23)29/h2-12,27H,13H2,1H3,(H,26,29). The monoisotopic (exact) mass is 424 g/mol. The lowest BCUT2D eigenvalue weighted by atomic mass is 9.84. The minimum Gasteiger partial charge on any atom is -0.367 e. The fourth-order valence-corrected chi connectivity index (χ4v) is 4.09. The number of fused-ring (bicyclic) bond motifs is 1. The number of amides is 1. The Hall–Kier alpha value is -2.82. The maximum absolute atomic E-state index is 13.3. The van der Waals surface area contributed by atoms with Crippen LogP contribution in [0.1, 0.15) is 28.4 Å². The molecule has 3 aromatic carbocycles. The molecule has 1 aliphatic heterocycles. The number of benzene rings is 3. The highest BCUT2D eigenvalue weighted by molar-refractivity contribution is 6.31. The number of Topliss-reactive ketones (excluding diaryl/α,β-unsaturated/α-hetero) is 1. The van der Waals surface area contributed by atoms with E-state index in [1.165, 1.54) is 6.92 Å². The van der Waals surface area contributed by atoms with Crippen molar-refractivity contribution in [2.24, 2.45) is 0 Å². The molecule has 29 heavy (non-hydrogen) atoms. The van der Waals surface area contributed by atoms with Crippen LogP contribution in [0, 0.1) is 0 Å². The first-order chi connectivity index (χ1) is 13.9. The van der Waals surface area contributed by atoms with Gasteiger partial charge in [0.15, 0.2) is 5.78 Å². The highest BCUT2D eigenvalue weighted by Crippen LogP contribution is 2.42. The number of carbonyl (C=O) groups excluding carboxylic acids is 2. The van der Waals surface area contributed by atoms with Crippen LogP contribution in [-0.4, -0.2) is 11.7 Å². The molecular formula is C23H18Cl2N2O2. The van der Waals surface area contributed by atoms with Crippen molar-refractivity contribution < 1.29 is 9.59 Å². The van der Waals surface area contributed by atoms with E-state index in [1.807, 2.05) is 30.3 Å². The molecule has 6 heteroatoms. The molecule has 0 aliphatic carbocycles. The second-order valence-electron chi connectivity index (χ2n) is 7.12. The Morgan fingerprint density at radius 1 is 1.00 bits per heavy atom. The first kappa shape index (κ1) is 19.5. The van der Waals surface area contributed by atoms with Gasteiger partial charge in [0.2, 0.25) is 0 Å². The number of hydrogen-bond acceptors (Lipinski definition) is 3. The summed E-state index contributed by atoms with van der Waals surface area (Å²) in [7, 11) is 0. The van der Waals surface area contributed by atoms with Crippen LogP contribution in [0.5, 0.6) is 0 Å². The van der Waals surface area contributed by atoms with Gasteiger partial charge in [-0.15, -0.1) is 0 Å². The van der Waals surface area contributed by atoms with Gasteiger partial charge in [-0.1, -0.05) is 53.5 Å². The van der Waals surface area contributed by atoms with Crippen LogP contribution in [0.3, 0.4) is 0 Å². The third-order valence-corrected chi connectivity index (χ3v) is 5.53. The first-order valence-electron chi connectivity index (χ1n) is 9.12. The molecule has 1 heterocycles. The predicted octanol–water partition coefficient (Wildman–Crippen LogP) is 5.70. The molecular weight excluding hydrogens is 407 g/mol. The van der Waals surface area contributed by atoms with Crippen molar-refractivity contribution in [3.05, 3.63) is 93.5 Å². The fourth-order valence-electron chi connectivity index (χ4n) is 3.70. The average Bonchev–Trinajstić information content (AvgIpc) is 2.92. The molecule has 0 bridgehead atoms. The molecule has 1 unspecified atom stereocenters. The van der Waals surface area contributed by atoms with Gasteiger partial charge in [-0.2, -0.15) is 0 Å². The Kier molecular flexibility index (Phi) is 5.07. The zero-order chi connectivity index (χ0) is 20.6. The zero-order valence-corrected chi connectivity index (χ0v) is 17.1. The van der Waals surface area contributed by atoms with Crippen LogP contribution in [0.15, 0.2) is 66.7 Å². The molecule has 2 N–H and O–H groups in total. The van der Waals surface area contributed by atoms with Crippen LogP contribution in [0.4, 0.5) is 11.4 Å². The predicted molar refractivity (Wildman–Crippen MR) is 117 cm³/mol. The lowest BCUT2D eigenvalue weighted by molar-refractivity contribution is -0.119. The third-order valence-electron chi connectivity index (χ3n) is 5.06. The van der Waals surface area contributed by atoms with Crippen molar-refractivity contribution in [3.63, 3.8) is 0 Å². The summed E-state index contributed by atoms with van der Waals surface area (Å²) in [6.07, 6.45) is 0.373. The van der Waals surface area contributed by atoms with Crippen LogP contribution in [0.2, 0.25) is 10.0 Å². The van der Waals surface area contributed by atoms with E-state index < -0.39 is 5.54 Å². The smallest absolute Gasteiger partial charge is 0.255 e. The number of nitrogens with one attached hydrogen (secondary N) is 2. The van der Waals surface area contributed by atoms with Gasteiger partial charge >= 0.3 is 0 Å². The molecule has 1 amide bonds. The van der Waals surface area contributed by atoms with Crippen molar-refractivity contribution in [2.75, 3.05) is 10.6 Å². The highest BCUT2D eigenvalue weighted by Gasteiger charge is 2.47. The number of halogens is 2. The normalized spacial score (nSPS) is 17.6. The first-order valence-corrected chi connectivity index (χ1v) is 9.88. The topological polar surface area (TPSA) is 58.2 Å². The van der Waals surface area contributed by atoms with Gasteiger partial charge in [-0.3, -0.25) is 9.59 Å². The molecule has 4 rings (SSSR count). The number of ketones is 1. The summed E-state index contributed by atoms with van der Waals surface area (Å²) in [5.74, 6) is -0.233. The Balaban J connectivity index is 1.83. The van der Waals surface area contributed by atoms with Gasteiger partial charge in [-0.05, 0) is 48.9 Å². The molecule has 0 aromatic heterocycles. The van der Waals surface area contributed by atoms with E-state index in [1.54, 1.807) is 36.4 Å². The Morgan fingerprint density at radius 3 is 2.52 bits per heavy atom. The van der Waals surface area contributed by atoms with E-state index in [4.69, 9.17) is 23.2 Å². The maximum Gasteiger partial charge on any atom is 0.255 e. The molecule has 0 spiro atoms. The summed E-state index contributed by atoms with van der Waals surface area (Å²) in [5.41, 5.74) is 2.55. The average molecular weight is 425 g/mol. The molecule has 0 radical (unpaired) electrons. The van der Waals surface area contributed by atoms with Gasteiger partial charge in [0, 0.05) is 39.0 Å². The minimum atomic E-state index is -1.07. The van der Waals surface area contributed by atoms with E-state index in [0.717, 1.165) is 11.1 Å². The highest BCUT2D eigenvalue weighted by atomic mass is 35.5. The van der Waals surface area contributed by atoms with E-state index >= 15 is 0 Å². The fraction of sp³-hybridized carbons (Fsp3) is 0.130. The summed E-state index contributed by atoms with van der Waals surface area (Å²) in [6, 6.07) is 19.9. The van der Waals surface area contributed by atoms with Crippen molar-refractivity contribution in [1.29, 1.82) is 0 Å². The van der Waals surface area contributed by atoms with Crippen LogP contribution >= 0.6 is 23.2 Å². The number of carbonyl (C=O) groups is 2. The molecule has 1 atom stereocenters. The van der Waals surface area contributed by atoms with Gasteiger partial charge in [-0.25, -0.2) is 0 Å². The van der Waals surface area contributed by atoms with Crippen molar-refractivity contribution >= 4 is 46.3 Å². The van der Waals surface area contributed by atoms with Crippen molar-refractivity contribution in [1.82, 2.24) is 0 Å². The Labute approximate surface area is 178 Å². The van der Waals surface area contributed by atoms with E-state index in [0.29, 0.717) is 33.4 Å². The zero-order valence-electron chi connectivity index (χ0n) is 15.6. The van der Waals surface area contributed by atoms with E-state index in [9.17, 15) is 9.59 Å². The van der Waals surface area contributed by atoms with Crippen LogP contribution < -0.4 is 10.6 Å². The maximum atomic E-state index is 13.3. The van der Waals surface area contributed by atoms with Gasteiger partial charge in [0.25, 0.3) is 5.91 Å². The van der Waals surface area contributed by atoms with Gasteiger partial charge < -0.3 is 10.6 Å². The van der Waals surface area contributed by atoms with Crippen molar-refractivity contribution in [3.8, 4) is 0 Å². The summed E-state index contributed by atoms with van der Waals surface area (Å²) in [6.45, 7) is 1.51. The molecule has 1 aliphatic rings. The number of anilines is 2. The second-order valence-corrected chi connectivity index (χ2v) is 7.99. The molecule has 0 fully saturated rings. The van der Waals surface area contributed by atoms with Crippen LogP contribution in [0.25, 0.3) is 0 Å². The summed E-state index contributed by atoms with van der Waals surface area (Å²) in [5, 5.41) is 7.47. The van der Waals surface area contributed by atoms with Crippen LogP contribution in [-0.2, 0) is 16.8 Å². The molecule has 4 nitrogen and oxygen atoms in total. The number of rotatable bonds is 5. The lowest BCUT2D eigenvalue weighted by Gasteiger charge is -2.30. The third kappa shape index (κ3) is 3.74. The Bertz CT molecular complexity index is 1130. The summed E-state index contributed by atoms with van der Waals surface area (Å²) < 4.78 is 0. The minimum absolute atomic E-state index is 0.0411. The number of hydrogen-bond donors (Lipinski definition) is 2. The van der Waals surface area contributed by atoms with Gasteiger partial charge in [0.1, 0.15) is 5.54 Å². The van der Waals surface area contributed by atoms with E-state index in [2.05, 4.69) is 10.6 Å². The van der Waals surface area contributed by atoms with E-state index in [-0.39, 0.29) is 11.7 Å². The molecule has 0 saturated heterocycles. The Morgan fingerprint density at radius 2 is 1.76 bits per heavy atom. The van der Waals surface area contributed by atoms with Crippen molar-refractivity contribution in [2.45, 2.75) is 18.9 Å². The largest absolute Gasteiger partial charge is 0.367 e. The molecule has 0 saturated carbocycles. The quantitative estimate of drug-likeness (QED) is 0.516. The summed E-state index contributed by atoms with van der Waals surface area (Å²) in [4.78, 5) is 25.1. The molecule has 3 aromatic rings. The SMILES string of the molecule is CC(=O)c1cccc(NC2(Cc3cccc(Cl)c3)C(=O)Nc3cc(Cl)ccc32)c1. The van der Waals surface area contributed by atoms with Gasteiger partial charge in [0.05, 0.1) is 0 Å². The molecule has 146 valence electrons. The lowest BCUT2D eigenvalue weighted by Crippen LogP contribution is -2.44.